The first-order valence-electron chi connectivity index (χ1n) is 5.07. The van der Waals surface area contributed by atoms with Crippen LogP contribution in [0.15, 0.2) is 34.8 Å². The van der Waals surface area contributed by atoms with E-state index < -0.39 is 5.97 Å². The van der Waals surface area contributed by atoms with Gasteiger partial charge in [-0.05, 0) is 17.7 Å². The van der Waals surface area contributed by atoms with Gasteiger partial charge in [-0.1, -0.05) is 34.1 Å². The number of aromatic nitrogens is 2. The maximum atomic E-state index is 10.9. The number of carbonyl (C=O) groups is 1. The van der Waals surface area contributed by atoms with E-state index in [0.29, 0.717) is 6.42 Å². The third-order valence-corrected chi connectivity index (χ3v) is 3.25. The van der Waals surface area contributed by atoms with Crippen molar-refractivity contribution < 1.29 is 9.90 Å². The molecule has 0 aliphatic heterocycles. The summed E-state index contributed by atoms with van der Waals surface area (Å²) in [5, 5.41) is 13.1. The van der Waals surface area contributed by atoms with E-state index in [2.05, 4.69) is 21.0 Å². The molecule has 0 fully saturated rings. The maximum Gasteiger partial charge on any atom is 0.354 e. The van der Waals surface area contributed by atoms with E-state index in [1.54, 1.807) is 13.1 Å². The lowest BCUT2D eigenvalue weighted by Gasteiger charge is -2.00. The minimum absolute atomic E-state index is 0.201. The normalized spacial score (nSPS) is 10.5. The number of halogens is 1. The van der Waals surface area contributed by atoms with Gasteiger partial charge in [0.25, 0.3) is 0 Å². The fourth-order valence-corrected chi connectivity index (χ4v) is 2.08. The number of hydrogen-bond donors (Lipinski definition) is 1. The number of nitrogens with zero attached hydrogens (tertiary/aromatic N) is 2. The van der Waals surface area contributed by atoms with Crippen LogP contribution in [0.3, 0.4) is 0 Å². The van der Waals surface area contributed by atoms with Crippen molar-refractivity contribution in [2.45, 2.75) is 6.42 Å². The summed E-state index contributed by atoms with van der Waals surface area (Å²) in [7, 11) is 1.63. The quantitative estimate of drug-likeness (QED) is 0.946. The summed E-state index contributed by atoms with van der Waals surface area (Å²) in [5.41, 5.74) is 2.03. The van der Waals surface area contributed by atoms with Crippen LogP contribution in [-0.2, 0) is 13.5 Å². The zero-order valence-electron chi connectivity index (χ0n) is 9.22. The van der Waals surface area contributed by atoms with Gasteiger partial charge in [-0.2, -0.15) is 5.10 Å². The van der Waals surface area contributed by atoms with Crippen molar-refractivity contribution in [3.8, 4) is 0 Å². The smallest absolute Gasteiger partial charge is 0.354 e. The van der Waals surface area contributed by atoms with Crippen LogP contribution in [0.1, 0.15) is 21.7 Å². The first-order valence-corrected chi connectivity index (χ1v) is 5.87. The molecule has 0 aliphatic rings. The largest absolute Gasteiger partial charge is 0.477 e. The zero-order chi connectivity index (χ0) is 12.4. The second-order valence-corrected chi connectivity index (χ2v) is 4.57. The summed E-state index contributed by atoms with van der Waals surface area (Å²) >= 11 is 3.46. The molecule has 17 heavy (non-hydrogen) atoms. The van der Waals surface area contributed by atoms with Crippen LogP contribution < -0.4 is 0 Å². The molecule has 2 rings (SSSR count). The van der Waals surface area contributed by atoms with E-state index >= 15 is 0 Å². The molecule has 88 valence electrons. The van der Waals surface area contributed by atoms with Crippen molar-refractivity contribution in [2.75, 3.05) is 0 Å². The van der Waals surface area contributed by atoms with Gasteiger partial charge in [0.05, 0.1) is 5.69 Å². The number of hydrogen-bond acceptors (Lipinski definition) is 2. The monoisotopic (exact) mass is 294 g/mol. The lowest BCUT2D eigenvalue weighted by atomic mass is 10.1. The summed E-state index contributed by atoms with van der Waals surface area (Å²) in [6, 6.07) is 9.42. The Kier molecular flexibility index (Phi) is 3.28. The van der Waals surface area contributed by atoms with Gasteiger partial charge in [0, 0.05) is 17.9 Å². The highest BCUT2D eigenvalue weighted by Gasteiger charge is 2.12. The van der Waals surface area contributed by atoms with Gasteiger partial charge in [-0.15, -0.1) is 0 Å². The fraction of sp³-hybridized carbons (Fsp3) is 0.167. The molecule has 0 spiro atoms. The highest BCUT2D eigenvalue weighted by atomic mass is 79.9. The molecule has 0 saturated heterocycles. The van der Waals surface area contributed by atoms with Crippen LogP contribution in [0.4, 0.5) is 0 Å². The van der Waals surface area contributed by atoms with Crippen LogP contribution in [0, 0.1) is 0 Å². The molecule has 0 atom stereocenters. The standard InChI is InChI=1S/C12H11BrN2O2/c1-15-11(12(16)17)7-9(14-15)6-8-4-2-3-5-10(8)13/h2-5,7H,6H2,1H3,(H,16,17). The molecule has 1 aromatic carbocycles. The minimum Gasteiger partial charge on any atom is -0.477 e. The first kappa shape index (κ1) is 11.9. The van der Waals surface area contributed by atoms with Gasteiger partial charge in [-0.25, -0.2) is 4.79 Å². The molecule has 5 heteroatoms. The molecular weight excluding hydrogens is 284 g/mol. The minimum atomic E-state index is -0.960. The second-order valence-electron chi connectivity index (χ2n) is 3.72. The number of aryl methyl sites for hydroxylation is 1. The molecule has 0 saturated carbocycles. The van der Waals surface area contributed by atoms with Crippen molar-refractivity contribution in [3.63, 3.8) is 0 Å². The van der Waals surface area contributed by atoms with E-state index in [1.165, 1.54) is 4.68 Å². The molecule has 0 radical (unpaired) electrons. The number of rotatable bonds is 3. The van der Waals surface area contributed by atoms with Gasteiger partial charge >= 0.3 is 5.97 Å². The second kappa shape index (κ2) is 4.71. The Morgan fingerprint density at radius 1 is 1.47 bits per heavy atom. The van der Waals surface area contributed by atoms with E-state index in [9.17, 15) is 4.79 Å². The SMILES string of the molecule is Cn1nc(Cc2ccccc2Br)cc1C(=O)O. The van der Waals surface area contributed by atoms with E-state index in [1.807, 2.05) is 24.3 Å². The Bertz CT molecular complexity index is 563. The van der Waals surface area contributed by atoms with Gasteiger partial charge in [0.2, 0.25) is 0 Å². The van der Waals surface area contributed by atoms with Gasteiger partial charge in [-0.3, -0.25) is 4.68 Å². The van der Waals surface area contributed by atoms with Gasteiger partial charge in [0.1, 0.15) is 5.69 Å². The highest BCUT2D eigenvalue weighted by Crippen LogP contribution is 2.19. The fourth-order valence-electron chi connectivity index (χ4n) is 1.65. The van der Waals surface area contributed by atoms with E-state index in [0.717, 1.165) is 15.7 Å². The number of carboxylic acids is 1. The molecule has 1 aromatic heterocycles. The summed E-state index contributed by atoms with van der Waals surface area (Å²) in [6.45, 7) is 0. The van der Waals surface area contributed by atoms with Crippen molar-refractivity contribution in [1.82, 2.24) is 9.78 Å². The predicted octanol–water partition coefficient (Wildman–Crippen LogP) is 2.47. The average molecular weight is 295 g/mol. The van der Waals surface area contributed by atoms with Gasteiger partial charge < -0.3 is 5.11 Å². The first-order chi connectivity index (χ1) is 8.08. The zero-order valence-corrected chi connectivity index (χ0v) is 10.8. The molecule has 1 N–H and O–H groups in total. The van der Waals surface area contributed by atoms with E-state index in [4.69, 9.17) is 5.11 Å². The van der Waals surface area contributed by atoms with E-state index in [-0.39, 0.29) is 5.69 Å². The number of carboxylic acid groups (broad SMARTS) is 1. The van der Waals surface area contributed by atoms with Crippen molar-refractivity contribution >= 4 is 21.9 Å². The summed E-state index contributed by atoms with van der Waals surface area (Å²) < 4.78 is 2.39. The summed E-state index contributed by atoms with van der Waals surface area (Å²) in [4.78, 5) is 10.9. The number of benzene rings is 1. The Balaban J connectivity index is 2.28. The lowest BCUT2D eigenvalue weighted by molar-refractivity contribution is 0.0685. The van der Waals surface area contributed by atoms with Crippen LogP contribution >= 0.6 is 15.9 Å². The third-order valence-electron chi connectivity index (χ3n) is 2.48. The topological polar surface area (TPSA) is 55.1 Å². The van der Waals surface area contributed by atoms with Crippen LogP contribution in [-0.4, -0.2) is 20.9 Å². The van der Waals surface area contributed by atoms with Crippen molar-refractivity contribution in [3.05, 3.63) is 51.8 Å². The molecule has 0 unspecified atom stereocenters. The van der Waals surface area contributed by atoms with Crippen LogP contribution in [0.2, 0.25) is 0 Å². The lowest BCUT2D eigenvalue weighted by Crippen LogP contribution is -2.04. The average Bonchev–Trinajstić information content (AvgIpc) is 2.63. The van der Waals surface area contributed by atoms with Crippen LogP contribution in [0.5, 0.6) is 0 Å². The summed E-state index contributed by atoms with van der Waals surface area (Å²) in [5.74, 6) is -0.960. The highest BCUT2D eigenvalue weighted by molar-refractivity contribution is 9.10. The molecule has 4 nitrogen and oxygen atoms in total. The molecule has 2 aromatic rings. The van der Waals surface area contributed by atoms with Crippen molar-refractivity contribution in [2.24, 2.45) is 7.05 Å². The molecule has 0 amide bonds. The predicted molar refractivity (Wildman–Crippen MR) is 67.1 cm³/mol. The summed E-state index contributed by atoms with van der Waals surface area (Å²) in [6.07, 6.45) is 0.614. The number of aromatic carboxylic acids is 1. The third kappa shape index (κ3) is 2.55. The Morgan fingerprint density at radius 2 is 2.18 bits per heavy atom. The van der Waals surface area contributed by atoms with Crippen molar-refractivity contribution in [1.29, 1.82) is 0 Å². The maximum absolute atomic E-state index is 10.9. The molecule has 0 aliphatic carbocycles. The van der Waals surface area contributed by atoms with Gasteiger partial charge in [0.15, 0.2) is 0 Å². The Labute approximate surface area is 107 Å². The molecular formula is C12H11BrN2O2. The Hall–Kier alpha value is -1.62. The Morgan fingerprint density at radius 3 is 2.76 bits per heavy atom. The molecule has 0 bridgehead atoms. The van der Waals surface area contributed by atoms with Crippen LogP contribution in [0.25, 0.3) is 0 Å². The molecule has 1 heterocycles.